The Morgan fingerprint density at radius 1 is 1.00 bits per heavy atom. The number of ketones is 1. The molecule has 3 saturated carbocycles. The van der Waals surface area contributed by atoms with E-state index in [0.29, 0.717) is 34.4 Å². The summed E-state index contributed by atoms with van der Waals surface area (Å²) in [4.78, 5) is 12.4. The van der Waals surface area contributed by atoms with Gasteiger partial charge >= 0.3 is 0 Å². The third kappa shape index (κ3) is 3.36. The van der Waals surface area contributed by atoms with Crippen LogP contribution in [0.2, 0.25) is 0 Å². The minimum atomic E-state index is 0.297. The zero-order valence-corrected chi connectivity index (χ0v) is 21.0. The van der Waals surface area contributed by atoms with Crippen molar-refractivity contribution >= 4 is 5.78 Å². The molecule has 4 rings (SSSR count). The quantitative estimate of drug-likeness (QED) is 0.417. The molecular formula is C29H48O. The highest BCUT2D eigenvalue weighted by Crippen LogP contribution is 2.70. The molecule has 0 saturated heterocycles. The van der Waals surface area contributed by atoms with Crippen LogP contribution in [0.1, 0.15) is 106 Å². The summed E-state index contributed by atoms with van der Waals surface area (Å²) in [5.41, 5.74) is 2.73. The molecule has 0 aromatic carbocycles. The summed E-state index contributed by atoms with van der Waals surface area (Å²) in [5, 5.41) is 0. The lowest BCUT2D eigenvalue weighted by atomic mass is 9.46. The number of rotatable bonds is 5. The van der Waals surface area contributed by atoms with Gasteiger partial charge in [-0.15, -0.1) is 0 Å². The molecule has 0 radical (unpaired) electrons. The summed E-state index contributed by atoms with van der Waals surface area (Å²) in [7, 11) is 0. The van der Waals surface area contributed by atoms with Crippen molar-refractivity contribution < 1.29 is 4.79 Å². The van der Waals surface area contributed by atoms with Crippen molar-refractivity contribution in [3.8, 4) is 0 Å². The number of allylic oxidation sites excluding steroid dienone is 2. The largest absolute Gasteiger partial charge is 0.299 e. The standard InChI is InChI=1S/C29H48O/c1-18(2)19(3)8-9-20(4)25-15-17-29(7)26-12-10-22-21(5)27(30)13-11-23(22)24(26)14-16-28(25,29)6/h14,18-23,25-26H,8-13,15-17H2,1-7H3/t19?,20-,21+,22+,23+,25-,26-,28-,29+/m1/s1. The molecule has 0 amide bonds. The van der Waals surface area contributed by atoms with Crippen LogP contribution in [-0.2, 0) is 4.79 Å². The van der Waals surface area contributed by atoms with E-state index in [1.807, 2.05) is 0 Å². The maximum absolute atomic E-state index is 12.4. The van der Waals surface area contributed by atoms with Crippen LogP contribution in [0.5, 0.6) is 0 Å². The first-order valence-corrected chi connectivity index (χ1v) is 13.3. The molecule has 1 heteroatoms. The summed E-state index contributed by atoms with van der Waals surface area (Å²) in [6.07, 6.45) is 14.2. The van der Waals surface area contributed by atoms with Gasteiger partial charge in [-0.1, -0.05) is 73.0 Å². The smallest absolute Gasteiger partial charge is 0.136 e. The fourth-order valence-electron chi connectivity index (χ4n) is 8.70. The number of hydrogen-bond acceptors (Lipinski definition) is 1. The van der Waals surface area contributed by atoms with E-state index in [-0.39, 0.29) is 0 Å². The maximum atomic E-state index is 12.4. The Morgan fingerprint density at radius 2 is 1.73 bits per heavy atom. The lowest BCUT2D eigenvalue weighted by molar-refractivity contribution is -0.128. The summed E-state index contributed by atoms with van der Waals surface area (Å²) in [6.45, 7) is 17.3. The van der Waals surface area contributed by atoms with Gasteiger partial charge in [0.15, 0.2) is 0 Å². The first-order valence-electron chi connectivity index (χ1n) is 13.3. The van der Waals surface area contributed by atoms with Crippen LogP contribution >= 0.6 is 0 Å². The highest BCUT2D eigenvalue weighted by Gasteiger charge is 2.62. The third-order valence-electron chi connectivity index (χ3n) is 11.5. The summed E-state index contributed by atoms with van der Waals surface area (Å²) in [5.74, 6) is 6.33. The van der Waals surface area contributed by atoms with Gasteiger partial charge in [-0.2, -0.15) is 0 Å². The van der Waals surface area contributed by atoms with Crippen molar-refractivity contribution in [2.75, 3.05) is 0 Å². The van der Waals surface area contributed by atoms with Crippen molar-refractivity contribution in [3.63, 3.8) is 0 Å². The number of carbonyl (C=O) groups is 1. The van der Waals surface area contributed by atoms with Crippen LogP contribution in [-0.4, -0.2) is 5.78 Å². The molecule has 0 spiro atoms. The van der Waals surface area contributed by atoms with Crippen molar-refractivity contribution in [3.05, 3.63) is 11.6 Å². The fourth-order valence-corrected chi connectivity index (χ4v) is 8.70. The number of carbonyl (C=O) groups excluding carboxylic acids is 1. The van der Waals surface area contributed by atoms with E-state index in [0.717, 1.165) is 42.4 Å². The molecule has 3 fully saturated rings. The minimum absolute atomic E-state index is 0.297. The van der Waals surface area contributed by atoms with E-state index in [1.54, 1.807) is 5.57 Å². The molecule has 1 unspecified atom stereocenters. The molecule has 170 valence electrons. The predicted molar refractivity (Wildman–Crippen MR) is 127 cm³/mol. The molecule has 9 atom stereocenters. The SMILES string of the molecule is CC(C)C(C)CC[C@@H](C)[C@H]1CC[C@@]2(C)[C@@H]3CC[C@H]4[C@H](C)C(=O)CC[C@@H]4C3=CC[C@]12C. The average Bonchev–Trinajstić information content (AvgIpc) is 3.00. The van der Waals surface area contributed by atoms with Crippen LogP contribution in [0.3, 0.4) is 0 Å². The minimum Gasteiger partial charge on any atom is -0.299 e. The second kappa shape index (κ2) is 8.08. The molecule has 0 aromatic rings. The lowest BCUT2D eigenvalue weighted by Gasteiger charge is -2.58. The number of hydrogen-bond donors (Lipinski definition) is 0. The number of Topliss-reactive ketones (excluding diaryl/α,β-unsaturated/α-hetero) is 1. The molecule has 4 aliphatic rings. The molecule has 0 aliphatic heterocycles. The predicted octanol–water partition coefficient (Wildman–Crippen LogP) is 8.09. The van der Waals surface area contributed by atoms with Gasteiger partial charge < -0.3 is 0 Å². The van der Waals surface area contributed by atoms with E-state index in [9.17, 15) is 4.79 Å². The average molecular weight is 413 g/mol. The Balaban J connectivity index is 1.54. The van der Waals surface area contributed by atoms with Gasteiger partial charge in [0.2, 0.25) is 0 Å². The van der Waals surface area contributed by atoms with E-state index < -0.39 is 0 Å². The fraction of sp³-hybridized carbons (Fsp3) is 0.897. The molecule has 0 aromatic heterocycles. The first kappa shape index (κ1) is 22.6. The zero-order valence-electron chi connectivity index (χ0n) is 21.0. The maximum Gasteiger partial charge on any atom is 0.136 e. The normalized spacial score (nSPS) is 45.4. The Morgan fingerprint density at radius 3 is 2.43 bits per heavy atom. The second-order valence-corrected chi connectivity index (χ2v) is 12.9. The van der Waals surface area contributed by atoms with Gasteiger partial charge in [-0.25, -0.2) is 0 Å². The molecule has 30 heavy (non-hydrogen) atoms. The Kier molecular flexibility index (Phi) is 6.08. The highest BCUT2D eigenvalue weighted by atomic mass is 16.1. The number of fused-ring (bicyclic) bond motifs is 5. The van der Waals surface area contributed by atoms with Crippen LogP contribution in [0.15, 0.2) is 11.6 Å². The van der Waals surface area contributed by atoms with Crippen molar-refractivity contribution in [1.29, 1.82) is 0 Å². The van der Waals surface area contributed by atoms with Crippen molar-refractivity contribution in [2.24, 2.45) is 58.2 Å². The summed E-state index contributed by atoms with van der Waals surface area (Å²) >= 11 is 0. The van der Waals surface area contributed by atoms with Crippen molar-refractivity contribution in [1.82, 2.24) is 0 Å². The molecule has 0 bridgehead atoms. The monoisotopic (exact) mass is 412 g/mol. The Bertz CT molecular complexity index is 688. The molecule has 4 aliphatic carbocycles. The summed E-state index contributed by atoms with van der Waals surface area (Å²) in [6, 6.07) is 0. The van der Waals surface area contributed by atoms with E-state index in [1.165, 1.54) is 44.9 Å². The second-order valence-electron chi connectivity index (χ2n) is 12.9. The Labute approximate surface area is 186 Å². The molecule has 1 nitrogen and oxygen atoms in total. The molecule has 0 N–H and O–H groups in total. The van der Waals surface area contributed by atoms with Crippen LogP contribution < -0.4 is 0 Å². The van der Waals surface area contributed by atoms with Crippen LogP contribution in [0.25, 0.3) is 0 Å². The van der Waals surface area contributed by atoms with Gasteiger partial charge in [0.25, 0.3) is 0 Å². The van der Waals surface area contributed by atoms with Gasteiger partial charge in [0.1, 0.15) is 5.78 Å². The zero-order chi connectivity index (χ0) is 21.8. The van der Waals surface area contributed by atoms with Crippen LogP contribution in [0, 0.1) is 58.2 Å². The Hall–Kier alpha value is -0.590. The van der Waals surface area contributed by atoms with Gasteiger partial charge in [-0.3, -0.25) is 4.79 Å². The topological polar surface area (TPSA) is 17.1 Å². The van der Waals surface area contributed by atoms with Crippen LogP contribution in [0.4, 0.5) is 0 Å². The lowest BCUT2D eigenvalue weighted by Crippen LogP contribution is -2.51. The van der Waals surface area contributed by atoms with E-state index in [2.05, 4.69) is 54.5 Å². The first-order chi connectivity index (χ1) is 14.1. The highest BCUT2D eigenvalue weighted by molar-refractivity contribution is 5.82. The third-order valence-corrected chi connectivity index (χ3v) is 11.5. The van der Waals surface area contributed by atoms with Gasteiger partial charge in [0, 0.05) is 12.3 Å². The van der Waals surface area contributed by atoms with Crippen molar-refractivity contribution in [2.45, 2.75) is 106 Å². The molecule has 0 heterocycles. The van der Waals surface area contributed by atoms with Gasteiger partial charge in [0.05, 0.1) is 0 Å². The molecular weight excluding hydrogens is 364 g/mol. The van der Waals surface area contributed by atoms with Gasteiger partial charge in [-0.05, 0) is 90.8 Å². The van der Waals surface area contributed by atoms with E-state index >= 15 is 0 Å². The summed E-state index contributed by atoms with van der Waals surface area (Å²) < 4.78 is 0. The van der Waals surface area contributed by atoms with E-state index in [4.69, 9.17) is 0 Å².